The van der Waals surface area contributed by atoms with Gasteiger partial charge in [-0.25, -0.2) is 4.79 Å². The highest BCUT2D eigenvalue weighted by atomic mass is 16.4. The smallest absolute Gasteiger partial charge is 0.337 e. The Labute approximate surface area is 112 Å². The van der Waals surface area contributed by atoms with Gasteiger partial charge in [-0.05, 0) is 25.3 Å². The molecule has 1 N–H and O–H groups in total. The largest absolute Gasteiger partial charge is 0.478 e. The number of aromatic carboxylic acids is 1. The maximum absolute atomic E-state index is 12.4. The Hall–Kier alpha value is -1.91. The zero-order chi connectivity index (χ0) is 13.8. The average Bonchev–Trinajstić information content (AvgIpc) is 2.86. The van der Waals surface area contributed by atoms with Gasteiger partial charge >= 0.3 is 5.97 Å². The number of likely N-dealkylation sites (tertiary alicyclic amines) is 1. The Bertz CT molecular complexity index is 487. The molecule has 0 bridgehead atoms. The summed E-state index contributed by atoms with van der Waals surface area (Å²) in [4.78, 5) is 29.0. The lowest BCUT2D eigenvalue weighted by atomic mass is 10.1. The predicted octanol–water partition coefficient (Wildman–Crippen LogP) is 2.18. The van der Waals surface area contributed by atoms with Crippen LogP contribution in [-0.4, -0.2) is 39.5 Å². The van der Waals surface area contributed by atoms with E-state index < -0.39 is 5.97 Å². The number of amides is 1. The van der Waals surface area contributed by atoms with E-state index in [1.54, 1.807) is 0 Å². The van der Waals surface area contributed by atoms with Gasteiger partial charge in [0, 0.05) is 25.0 Å². The third-order valence-corrected chi connectivity index (χ3v) is 3.49. The van der Waals surface area contributed by atoms with Crippen LogP contribution in [0.3, 0.4) is 0 Å². The maximum Gasteiger partial charge on any atom is 0.337 e. The van der Waals surface area contributed by atoms with Crippen LogP contribution in [0.4, 0.5) is 0 Å². The Morgan fingerprint density at radius 1 is 1.42 bits per heavy atom. The van der Waals surface area contributed by atoms with Crippen molar-refractivity contribution < 1.29 is 14.7 Å². The molecule has 2 rings (SSSR count). The van der Waals surface area contributed by atoms with Crippen molar-refractivity contribution in [2.45, 2.75) is 38.6 Å². The van der Waals surface area contributed by atoms with Crippen molar-refractivity contribution in [3.63, 3.8) is 0 Å². The van der Waals surface area contributed by atoms with E-state index in [1.807, 2.05) is 4.90 Å². The van der Waals surface area contributed by atoms with Crippen LogP contribution in [0.5, 0.6) is 0 Å². The van der Waals surface area contributed by atoms with Crippen LogP contribution in [0.25, 0.3) is 0 Å². The molecule has 1 atom stereocenters. The van der Waals surface area contributed by atoms with Crippen molar-refractivity contribution in [3.8, 4) is 0 Å². The lowest BCUT2D eigenvalue weighted by Gasteiger charge is -2.24. The molecule has 2 heterocycles. The lowest BCUT2D eigenvalue weighted by molar-refractivity contribution is 0.0696. The molecule has 0 unspecified atom stereocenters. The summed E-state index contributed by atoms with van der Waals surface area (Å²) < 4.78 is 0. The first-order valence-electron chi connectivity index (χ1n) is 6.62. The molecular formula is C14H18N2O3. The number of carboxylic acids is 1. The first kappa shape index (κ1) is 13.5. The summed E-state index contributed by atoms with van der Waals surface area (Å²) >= 11 is 0. The Morgan fingerprint density at radius 3 is 2.84 bits per heavy atom. The summed E-state index contributed by atoms with van der Waals surface area (Å²) in [7, 11) is 0. The molecule has 1 aromatic rings. The molecule has 1 amide bonds. The maximum atomic E-state index is 12.4. The summed E-state index contributed by atoms with van der Waals surface area (Å²) in [6.45, 7) is 2.86. The first-order valence-corrected chi connectivity index (χ1v) is 6.62. The molecule has 19 heavy (non-hydrogen) atoms. The molecular weight excluding hydrogens is 244 g/mol. The van der Waals surface area contributed by atoms with E-state index in [1.165, 1.54) is 18.5 Å². The van der Waals surface area contributed by atoms with E-state index in [4.69, 9.17) is 5.11 Å². The van der Waals surface area contributed by atoms with Crippen LogP contribution in [0.1, 0.15) is 53.3 Å². The molecule has 102 valence electrons. The number of carbonyl (C=O) groups excluding carboxylic acids is 1. The topological polar surface area (TPSA) is 70.5 Å². The summed E-state index contributed by atoms with van der Waals surface area (Å²) in [6.07, 6.45) is 6.79. The number of carbonyl (C=O) groups is 2. The Balaban J connectivity index is 2.19. The van der Waals surface area contributed by atoms with Gasteiger partial charge in [-0.2, -0.15) is 0 Å². The molecule has 5 nitrogen and oxygen atoms in total. The molecule has 0 radical (unpaired) electrons. The zero-order valence-corrected chi connectivity index (χ0v) is 11.0. The lowest BCUT2D eigenvalue weighted by Crippen LogP contribution is -2.35. The summed E-state index contributed by atoms with van der Waals surface area (Å²) in [5.41, 5.74) is 0.417. The first-order chi connectivity index (χ1) is 9.13. The minimum atomic E-state index is -1.06. The molecule has 1 fully saturated rings. The minimum absolute atomic E-state index is 0.0529. The van der Waals surface area contributed by atoms with E-state index in [0.29, 0.717) is 5.56 Å². The molecule has 1 aliphatic rings. The third kappa shape index (κ3) is 2.92. The second kappa shape index (κ2) is 5.82. The number of pyridine rings is 1. The zero-order valence-electron chi connectivity index (χ0n) is 11.0. The van der Waals surface area contributed by atoms with Crippen molar-refractivity contribution in [2.75, 3.05) is 6.54 Å². The van der Waals surface area contributed by atoms with E-state index in [9.17, 15) is 9.59 Å². The van der Waals surface area contributed by atoms with Crippen molar-refractivity contribution in [1.29, 1.82) is 0 Å². The Kier molecular flexibility index (Phi) is 4.14. The highest BCUT2D eigenvalue weighted by Gasteiger charge is 2.29. The number of nitrogens with zero attached hydrogens (tertiary/aromatic N) is 2. The van der Waals surface area contributed by atoms with Crippen molar-refractivity contribution >= 4 is 11.9 Å². The summed E-state index contributed by atoms with van der Waals surface area (Å²) in [5.74, 6) is -1.17. The number of rotatable bonds is 4. The molecule has 1 aromatic heterocycles. The minimum Gasteiger partial charge on any atom is -0.478 e. The third-order valence-electron chi connectivity index (χ3n) is 3.49. The van der Waals surface area contributed by atoms with Gasteiger partial charge in [-0.3, -0.25) is 9.78 Å². The van der Waals surface area contributed by atoms with Gasteiger partial charge in [0.05, 0.1) is 11.1 Å². The van der Waals surface area contributed by atoms with E-state index in [0.717, 1.165) is 32.2 Å². The van der Waals surface area contributed by atoms with Gasteiger partial charge in [0.1, 0.15) is 0 Å². The molecule has 5 heteroatoms. The van der Waals surface area contributed by atoms with Crippen molar-refractivity contribution in [2.24, 2.45) is 0 Å². The fourth-order valence-corrected chi connectivity index (χ4v) is 2.58. The second-order valence-electron chi connectivity index (χ2n) is 4.85. The van der Waals surface area contributed by atoms with E-state index in [-0.39, 0.29) is 17.5 Å². The molecule has 1 aliphatic heterocycles. The van der Waals surface area contributed by atoms with Crippen LogP contribution in [-0.2, 0) is 0 Å². The predicted molar refractivity (Wildman–Crippen MR) is 70.2 cm³/mol. The fraction of sp³-hybridized carbons (Fsp3) is 0.500. The van der Waals surface area contributed by atoms with Gasteiger partial charge in [0.2, 0.25) is 0 Å². The van der Waals surface area contributed by atoms with Crippen LogP contribution < -0.4 is 0 Å². The Morgan fingerprint density at radius 2 is 2.16 bits per heavy atom. The number of aromatic nitrogens is 1. The molecule has 0 aromatic carbocycles. The molecule has 1 saturated heterocycles. The van der Waals surface area contributed by atoms with Crippen LogP contribution in [0.15, 0.2) is 18.5 Å². The highest BCUT2D eigenvalue weighted by molar-refractivity contribution is 5.97. The monoisotopic (exact) mass is 262 g/mol. The fourth-order valence-electron chi connectivity index (χ4n) is 2.58. The number of hydrogen-bond donors (Lipinski definition) is 1. The van der Waals surface area contributed by atoms with Crippen molar-refractivity contribution in [3.05, 3.63) is 29.6 Å². The van der Waals surface area contributed by atoms with Gasteiger partial charge in [-0.15, -0.1) is 0 Å². The quantitative estimate of drug-likeness (QED) is 0.902. The number of carboxylic acid groups (broad SMARTS) is 1. The molecule has 0 aliphatic carbocycles. The molecule has 0 saturated carbocycles. The summed E-state index contributed by atoms with van der Waals surface area (Å²) in [6, 6.07) is 1.69. The summed E-state index contributed by atoms with van der Waals surface area (Å²) in [5, 5.41) is 8.93. The van der Waals surface area contributed by atoms with Crippen molar-refractivity contribution in [1.82, 2.24) is 9.88 Å². The van der Waals surface area contributed by atoms with E-state index in [2.05, 4.69) is 11.9 Å². The van der Waals surface area contributed by atoms with Gasteiger partial charge < -0.3 is 10.0 Å². The SMILES string of the molecule is CCC[C@H]1CCCN1C(=O)c1cncc(C(=O)O)c1. The number of hydrogen-bond acceptors (Lipinski definition) is 3. The van der Waals surface area contributed by atoms with Gasteiger partial charge in [0.15, 0.2) is 0 Å². The molecule has 0 spiro atoms. The normalized spacial score (nSPS) is 18.6. The van der Waals surface area contributed by atoms with Gasteiger partial charge in [-0.1, -0.05) is 13.3 Å². The van der Waals surface area contributed by atoms with Crippen LogP contribution in [0, 0.1) is 0 Å². The highest BCUT2D eigenvalue weighted by Crippen LogP contribution is 2.23. The standard InChI is InChI=1S/C14H18N2O3/c1-2-4-12-5-3-6-16(12)13(17)10-7-11(14(18)19)9-15-8-10/h7-9,12H,2-6H2,1H3,(H,18,19)/t12-/m0/s1. The second-order valence-corrected chi connectivity index (χ2v) is 4.85. The van der Waals surface area contributed by atoms with Crippen LogP contribution in [0.2, 0.25) is 0 Å². The van der Waals surface area contributed by atoms with Crippen LogP contribution >= 0.6 is 0 Å². The van der Waals surface area contributed by atoms with E-state index >= 15 is 0 Å². The van der Waals surface area contributed by atoms with Gasteiger partial charge in [0.25, 0.3) is 5.91 Å². The average molecular weight is 262 g/mol.